The van der Waals surface area contributed by atoms with Crippen molar-refractivity contribution >= 4 is 38.4 Å². The van der Waals surface area contributed by atoms with Gasteiger partial charge in [-0.25, -0.2) is 4.98 Å². The SMILES string of the molecule is Cc1nc2cc(Br)c(O)cc2c(=O)n1Cc1ccc(Cl)cc1. The van der Waals surface area contributed by atoms with Crippen LogP contribution in [0.25, 0.3) is 10.9 Å². The molecule has 0 amide bonds. The fraction of sp³-hybridized carbons (Fsp3) is 0.125. The van der Waals surface area contributed by atoms with Gasteiger partial charge in [0.25, 0.3) is 5.56 Å². The van der Waals surface area contributed by atoms with Gasteiger partial charge < -0.3 is 5.11 Å². The normalized spacial score (nSPS) is 11.0. The van der Waals surface area contributed by atoms with E-state index in [1.165, 1.54) is 6.07 Å². The number of phenolic OH excluding ortho intramolecular Hbond substituents is 1. The zero-order chi connectivity index (χ0) is 15.9. The molecule has 0 unspecified atom stereocenters. The largest absolute Gasteiger partial charge is 0.507 e. The molecule has 3 aromatic rings. The zero-order valence-corrected chi connectivity index (χ0v) is 14.0. The van der Waals surface area contributed by atoms with Crippen molar-refractivity contribution in [1.82, 2.24) is 9.55 Å². The Balaban J connectivity index is 2.15. The minimum atomic E-state index is -0.180. The number of fused-ring (bicyclic) bond motifs is 1. The minimum absolute atomic E-state index is 0.0216. The highest BCUT2D eigenvalue weighted by atomic mass is 79.9. The molecule has 4 nitrogen and oxygen atoms in total. The second kappa shape index (κ2) is 5.74. The Morgan fingerprint density at radius 1 is 1.27 bits per heavy atom. The van der Waals surface area contributed by atoms with Gasteiger partial charge in [0, 0.05) is 5.02 Å². The van der Waals surface area contributed by atoms with E-state index < -0.39 is 0 Å². The molecule has 0 atom stereocenters. The molecule has 22 heavy (non-hydrogen) atoms. The number of aryl methyl sites for hydroxylation is 1. The second-order valence-electron chi connectivity index (χ2n) is 5.00. The third kappa shape index (κ3) is 2.74. The van der Waals surface area contributed by atoms with E-state index in [9.17, 15) is 9.90 Å². The number of aromatic hydroxyl groups is 1. The van der Waals surface area contributed by atoms with E-state index in [-0.39, 0.29) is 11.3 Å². The molecule has 0 spiro atoms. The first-order valence-electron chi connectivity index (χ1n) is 6.60. The molecule has 1 heterocycles. The molecule has 2 aromatic carbocycles. The van der Waals surface area contributed by atoms with Gasteiger partial charge in [-0.1, -0.05) is 23.7 Å². The predicted molar refractivity (Wildman–Crippen MR) is 90.7 cm³/mol. The highest BCUT2D eigenvalue weighted by molar-refractivity contribution is 9.10. The fourth-order valence-corrected chi connectivity index (χ4v) is 2.76. The molecule has 0 saturated heterocycles. The molecule has 0 radical (unpaired) electrons. The number of halogens is 2. The molecule has 0 aliphatic heterocycles. The third-order valence-electron chi connectivity index (χ3n) is 3.47. The predicted octanol–water partition coefficient (Wildman–Crippen LogP) is 3.87. The van der Waals surface area contributed by atoms with Crippen LogP contribution in [0.2, 0.25) is 5.02 Å². The molecule has 0 saturated carbocycles. The van der Waals surface area contributed by atoms with Crippen LogP contribution < -0.4 is 5.56 Å². The summed E-state index contributed by atoms with van der Waals surface area (Å²) in [4.78, 5) is 17.1. The standard InChI is InChI=1S/C16H12BrClN2O2/c1-9-19-14-7-13(17)15(21)6-12(14)16(22)20(9)8-10-2-4-11(18)5-3-10/h2-7,21H,8H2,1H3. The topological polar surface area (TPSA) is 55.1 Å². The monoisotopic (exact) mass is 378 g/mol. The highest BCUT2D eigenvalue weighted by Gasteiger charge is 2.11. The summed E-state index contributed by atoms with van der Waals surface area (Å²) in [6.45, 7) is 2.19. The van der Waals surface area contributed by atoms with Crippen LogP contribution >= 0.6 is 27.5 Å². The number of aromatic nitrogens is 2. The molecule has 112 valence electrons. The number of rotatable bonds is 2. The van der Waals surface area contributed by atoms with Crippen molar-refractivity contribution in [1.29, 1.82) is 0 Å². The van der Waals surface area contributed by atoms with Crippen LogP contribution in [0, 0.1) is 6.92 Å². The zero-order valence-electron chi connectivity index (χ0n) is 11.7. The van der Waals surface area contributed by atoms with Crippen LogP contribution in [-0.2, 0) is 6.54 Å². The van der Waals surface area contributed by atoms with E-state index >= 15 is 0 Å². The average molecular weight is 380 g/mol. The minimum Gasteiger partial charge on any atom is -0.507 e. The Kier molecular flexibility index (Phi) is 3.93. The molecule has 6 heteroatoms. The van der Waals surface area contributed by atoms with E-state index in [1.54, 1.807) is 29.7 Å². The summed E-state index contributed by atoms with van der Waals surface area (Å²) in [7, 11) is 0. The molecule has 0 fully saturated rings. The number of phenols is 1. The Morgan fingerprint density at radius 2 is 1.95 bits per heavy atom. The van der Waals surface area contributed by atoms with Crippen LogP contribution in [-0.4, -0.2) is 14.7 Å². The van der Waals surface area contributed by atoms with Gasteiger partial charge in [0.2, 0.25) is 0 Å². The van der Waals surface area contributed by atoms with Crippen LogP contribution in [0.15, 0.2) is 45.7 Å². The van der Waals surface area contributed by atoms with E-state index in [0.29, 0.717) is 32.8 Å². The van der Waals surface area contributed by atoms with Crippen molar-refractivity contribution in [3.05, 3.63) is 67.6 Å². The first-order chi connectivity index (χ1) is 10.5. The van der Waals surface area contributed by atoms with Crippen molar-refractivity contribution < 1.29 is 5.11 Å². The van der Waals surface area contributed by atoms with Gasteiger partial charge in [-0.2, -0.15) is 0 Å². The smallest absolute Gasteiger partial charge is 0.261 e. The van der Waals surface area contributed by atoms with Crippen molar-refractivity contribution in [2.75, 3.05) is 0 Å². The van der Waals surface area contributed by atoms with Crippen LogP contribution in [0.4, 0.5) is 0 Å². The van der Waals surface area contributed by atoms with E-state index in [1.807, 2.05) is 12.1 Å². The van der Waals surface area contributed by atoms with Gasteiger partial charge in [0.1, 0.15) is 11.6 Å². The number of nitrogens with zero attached hydrogens (tertiary/aromatic N) is 2. The second-order valence-corrected chi connectivity index (χ2v) is 6.29. The first-order valence-corrected chi connectivity index (χ1v) is 7.77. The molecule has 1 aromatic heterocycles. The van der Waals surface area contributed by atoms with E-state index in [0.717, 1.165) is 5.56 Å². The summed E-state index contributed by atoms with van der Waals surface area (Å²) < 4.78 is 2.10. The van der Waals surface area contributed by atoms with Crippen molar-refractivity contribution in [3.8, 4) is 5.75 Å². The Labute approximate surface area is 140 Å². The number of hydrogen-bond acceptors (Lipinski definition) is 3. The van der Waals surface area contributed by atoms with Crippen LogP contribution in [0.5, 0.6) is 5.75 Å². The van der Waals surface area contributed by atoms with Gasteiger partial charge in [-0.15, -0.1) is 0 Å². The van der Waals surface area contributed by atoms with Gasteiger partial charge in [-0.3, -0.25) is 9.36 Å². The summed E-state index contributed by atoms with van der Waals surface area (Å²) in [5, 5.41) is 10.8. The molecule has 0 aliphatic carbocycles. The summed E-state index contributed by atoms with van der Waals surface area (Å²) in [5.74, 6) is 0.637. The van der Waals surface area contributed by atoms with Gasteiger partial charge >= 0.3 is 0 Å². The maximum absolute atomic E-state index is 12.7. The molecular weight excluding hydrogens is 368 g/mol. The average Bonchev–Trinajstić information content (AvgIpc) is 2.48. The Hall–Kier alpha value is -1.85. The maximum atomic E-state index is 12.7. The highest BCUT2D eigenvalue weighted by Crippen LogP contribution is 2.27. The fourth-order valence-electron chi connectivity index (χ4n) is 2.30. The van der Waals surface area contributed by atoms with E-state index in [4.69, 9.17) is 11.6 Å². The van der Waals surface area contributed by atoms with Crippen LogP contribution in [0.3, 0.4) is 0 Å². The lowest BCUT2D eigenvalue weighted by atomic mass is 10.2. The summed E-state index contributed by atoms with van der Waals surface area (Å²) in [6.07, 6.45) is 0. The quantitative estimate of drug-likeness (QED) is 0.735. The third-order valence-corrected chi connectivity index (χ3v) is 4.35. The van der Waals surface area contributed by atoms with E-state index in [2.05, 4.69) is 20.9 Å². The Bertz CT molecular complexity index is 920. The Morgan fingerprint density at radius 3 is 2.64 bits per heavy atom. The number of benzene rings is 2. The maximum Gasteiger partial charge on any atom is 0.261 e. The summed E-state index contributed by atoms with van der Waals surface area (Å²) in [5.41, 5.74) is 1.33. The van der Waals surface area contributed by atoms with Gasteiger partial charge in [0.05, 0.1) is 21.9 Å². The summed E-state index contributed by atoms with van der Waals surface area (Å²) in [6, 6.07) is 10.4. The molecule has 0 bridgehead atoms. The van der Waals surface area contributed by atoms with Gasteiger partial charge in [0.15, 0.2) is 0 Å². The van der Waals surface area contributed by atoms with Gasteiger partial charge in [-0.05, 0) is 52.7 Å². The van der Waals surface area contributed by atoms with Crippen molar-refractivity contribution in [3.63, 3.8) is 0 Å². The summed E-state index contributed by atoms with van der Waals surface area (Å²) >= 11 is 9.11. The molecule has 0 aliphatic rings. The van der Waals surface area contributed by atoms with Crippen molar-refractivity contribution in [2.24, 2.45) is 0 Å². The lowest BCUT2D eigenvalue weighted by molar-refractivity contribution is 0.472. The van der Waals surface area contributed by atoms with Crippen LogP contribution in [0.1, 0.15) is 11.4 Å². The first kappa shape index (κ1) is 15.1. The number of hydrogen-bond donors (Lipinski definition) is 1. The molecule has 3 rings (SSSR count). The lowest BCUT2D eigenvalue weighted by Gasteiger charge is -2.11. The lowest BCUT2D eigenvalue weighted by Crippen LogP contribution is -2.24. The molecular formula is C16H12BrClN2O2. The van der Waals surface area contributed by atoms with Crippen molar-refractivity contribution in [2.45, 2.75) is 13.5 Å². The molecule has 1 N–H and O–H groups in total.